The second-order valence-corrected chi connectivity index (χ2v) is 4.97. The van der Waals surface area contributed by atoms with E-state index in [1.165, 1.54) is 19.3 Å². The molecule has 1 rings (SSSR count). The third-order valence-electron chi connectivity index (χ3n) is 3.13. The lowest BCUT2D eigenvalue weighted by Crippen LogP contribution is -2.45. The smallest absolute Gasteiger partial charge is 0.234 e. The lowest BCUT2D eigenvalue weighted by Gasteiger charge is -2.29. The van der Waals surface area contributed by atoms with Crippen LogP contribution in [0.5, 0.6) is 0 Å². The van der Waals surface area contributed by atoms with Crippen LogP contribution in [-0.2, 0) is 4.79 Å². The van der Waals surface area contributed by atoms with E-state index < -0.39 is 0 Å². The Hall–Kier alpha value is -0.570. The van der Waals surface area contributed by atoms with E-state index >= 15 is 0 Å². The molecule has 3 heteroatoms. The molecule has 1 fully saturated rings. The Morgan fingerprint density at radius 1 is 1.33 bits per heavy atom. The molecule has 2 unspecified atom stereocenters. The molecule has 1 aliphatic rings. The summed E-state index contributed by atoms with van der Waals surface area (Å²) in [6, 6.07) is 0.778. The lowest BCUT2D eigenvalue weighted by atomic mass is 9.86. The molecule has 0 radical (unpaired) electrons. The van der Waals surface area contributed by atoms with Crippen molar-refractivity contribution in [2.45, 2.75) is 58.5 Å². The van der Waals surface area contributed by atoms with Crippen LogP contribution in [0.4, 0.5) is 0 Å². The molecule has 0 aromatic carbocycles. The van der Waals surface area contributed by atoms with Crippen LogP contribution in [-0.4, -0.2) is 24.5 Å². The van der Waals surface area contributed by atoms with Crippen LogP contribution in [0.1, 0.15) is 46.5 Å². The van der Waals surface area contributed by atoms with E-state index in [2.05, 4.69) is 31.4 Å². The van der Waals surface area contributed by atoms with Crippen molar-refractivity contribution in [1.82, 2.24) is 10.6 Å². The van der Waals surface area contributed by atoms with Crippen molar-refractivity contribution < 1.29 is 4.79 Å². The highest BCUT2D eigenvalue weighted by Gasteiger charge is 2.22. The molecular weight excluding hydrogens is 188 g/mol. The molecule has 2 N–H and O–H groups in total. The number of rotatable bonds is 4. The first-order valence-electron chi connectivity index (χ1n) is 6.12. The Kier molecular flexibility index (Phi) is 5.09. The van der Waals surface area contributed by atoms with Crippen LogP contribution < -0.4 is 10.6 Å². The summed E-state index contributed by atoms with van der Waals surface area (Å²) >= 11 is 0. The summed E-state index contributed by atoms with van der Waals surface area (Å²) in [6.45, 7) is 6.79. The summed E-state index contributed by atoms with van der Waals surface area (Å²) in [5, 5.41) is 6.26. The molecule has 2 atom stereocenters. The second-order valence-electron chi connectivity index (χ2n) is 4.97. The van der Waals surface area contributed by atoms with Gasteiger partial charge in [-0.05, 0) is 18.8 Å². The van der Waals surface area contributed by atoms with Gasteiger partial charge in [0.25, 0.3) is 0 Å². The number of carbonyl (C=O) groups is 1. The molecule has 0 saturated heterocycles. The van der Waals surface area contributed by atoms with Gasteiger partial charge in [0.2, 0.25) is 5.91 Å². The Bertz CT molecular complexity index is 204. The van der Waals surface area contributed by atoms with Crippen molar-refractivity contribution >= 4 is 5.91 Å². The van der Waals surface area contributed by atoms with Crippen molar-refractivity contribution in [3.05, 3.63) is 0 Å². The van der Waals surface area contributed by atoms with Crippen LogP contribution in [0, 0.1) is 5.92 Å². The van der Waals surface area contributed by atoms with Gasteiger partial charge in [-0.2, -0.15) is 0 Å². The quantitative estimate of drug-likeness (QED) is 0.744. The van der Waals surface area contributed by atoms with E-state index in [0.717, 1.165) is 6.42 Å². The van der Waals surface area contributed by atoms with Gasteiger partial charge in [0, 0.05) is 12.1 Å². The lowest BCUT2D eigenvalue weighted by molar-refractivity contribution is -0.121. The van der Waals surface area contributed by atoms with Crippen LogP contribution in [0.3, 0.4) is 0 Å². The molecule has 1 amide bonds. The molecule has 0 heterocycles. The van der Waals surface area contributed by atoms with Gasteiger partial charge in [-0.3, -0.25) is 4.79 Å². The Morgan fingerprint density at radius 2 is 2.00 bits per heavy atom. The van der Waals surface area contributed by atoms with E-state index in [4.69, 9.17) is 0 Å². The van der Waals surface area contributed by atoms with Gasteiger partial charge >= 0.3 is 0 Å². The van der Waals surface area contributed by atoms with Crippen LogP contribution in [0.2, 0.25) is 0 Å². The minimum Gasteiger partial charge on any atom is -0.352 e. The number of hydrogen-bond donors (Lipinski definition) is 2. The first-order chi connectivity index (χ1) is 7.09. The van der Waals surface area contributed by atoms with Crippen LogP contribution >= 0.6 is 0 Å². The van der Waals surface area contributed by atoms with Gasteiger partial charge in [-0.15, -0.1) is 0 Å². The average molecular weight is 212 g/mol. The molecule has 0 bridgehead atoms. The second kappa shape index (κ2) is 6.11. The maximum atomic E-state index is 11.6. The minimum absolute atomic E-state index is 0.141. The van der Waals surface area contributed by atoms with Crippen molar-refractivity contribution in [2.75, 3.05) is 6.54 Å². The highest BCUT2D eigenvalue weighted by Crippen LogP contribution is 2.23. The van der Waals surface area contributed by atoms with Crippen molar-refractivity contribution in [3.63, 3.8) is 0 Å². The fourth-order valence-corrected chi connectivity index (χ4v) is 2.09. The van der Waals surface area contributed by atoms with E-state index in [9.17, 15) is 4.79 Å². The molecule has 3 nitrogen and oxygen atoms in total. The summed E-state index contributed by atoms with van der Waals surface area (Å²) in [4.78, 5) is 11.6. The number of carbonyl (C=O) groups excluding carboxylic acids is 1. The minimum atomic E-state index is 0.141. The Morgan fingerprint density at radius 3 is 2.60 bits per heavy atom. The van der Waals surface area contributed by atoms with Crippen molar-refractivity contribution in [1.29, 1.82) is 0 Å². The maximum Gasteiger partial charge on any atom is 0.234 e. The largest absolute Gasteiger partial charge is 0.352 e. The van der Waals surface area contributed by atoms with Gasteiger partial charge in [0.05, 0.1) is 6.54 Å². The molecular formula is C12H24N2O. The fraction of sp³-hybridized carbons (Fsp3) is 0.917. The zero-order valence-electron chi connectivity index (χ0n) is 10.2. The van der Waals surface area contributed by atoms with Gasteiger partial charge in [-0.25, -0.2) is 0 Å². The Balaban J connectivity index is 2.24. The normalized spacial score (nSPS) is 26.7. The standard InChI is InChI=1S/C12H24N2O/c1-9(2)13-8-12(15)14-11-7-5-4-6-10(11)3/h9-11,13H,4-8H2,1-3H3,(H,14,15). The first kappa shape index (κ1) is 12.5. The van der Waals surface area contributed by atoms with Crippen LogP contribution in [0.15, 0.2) is 0 Å². The summed E-state index contributed by atoms with van der Waals surface area (Å²) < 4.78 is 0. The molecule has 88 valence electrons. The van der Waals surface area contributed by atoms with E-state index in [-0.39, 0.29) is 5.91 Å². The van der Waals surface area contributed by atoms with Crippen molar-refractivity contribution in [3.8, 4) is 0 Å². The third-order valence-corrected chi connectivity index (χ3v) is 3.13. The first-order valence-corrected chi connectivity index (χ1v) is 6.12. The topological polar surface area (TPSA) is 41.1 Å². The highest BCUT2D eigenvalue weighted by molar-refractivity contribution is 5.78. The SMILES string of the molecule is CC(C)NCC(=O)NC1CCCCC1C. The highest BCUT2D eigenvalue weighted by atomic mass is 16.2. The number of amides is 1. The average Bonchev–Trinajstić information content (AvgIpc) is 2.18. The summed E-state index contributed by atoms with van der Waals surface area (Å²) in [7, 11) is 0. The molecule has 15 heavy (non-hydrogen) atoms. The predicted octanol–water partition coefficient (Wildman–Crippen LogP) is 1.68. The summed E-state index contributed by atoms with van der Waals surface area (Å²) in [5.41, 5.74) is 0. The monoisotopic (exact) mass is 212 g/mol. The van der Waals surface area contributed by atoms with Crippen LogP contribution in [0.25, 0.3) is 0 Å². The van der Waals surface area contributed by atoms with Gasteiger partial charge in [-0.1, -0.05) is 33.6 Å². The van der Waals surface area contributed by atoms with E-state index in [1.54, 1.807) is 0 Å². The molecule has 0 spiro atoms. The third kappa shape index (κ3) is 4.65. The van der Waals surface area contributed by atoms with Gasteiger partial charge in [0.1, 0.15) is 0 Å². The van der Waals surface area contributed by atoms with Crippen molar-refractivity contribution in [2.24, 2.45) is 5.92 Å². The van der Waals surface area contributed by atoms with Gasteiger partial charge < -0.3 is 10.6 Å². The zero-order chi connectivity index (χ0) is 11.3. The molecule has 0 aromatic heterocycles. The maximum absolute atomic E-state index is 11.6. The van der Waals surface area contributed by atoms with Gasteiger partial charge in [0.15, 0.2) is 0 Å². The summed E-state index contributed by atoms with van der Waals surface area (Å²) in [6.07, 6.45) is 4.97. The van der Waals surface area contributed by atoms with E-state index in [0.29, 0.717) is 24.5 Å². The fourth-order valence-electron chi connectivity index (χ4n) is 2.09. The molecule has 1 aliphatic carbocycles. The summed E-state index contributed by atoms with van der Waals surface area (Å²) in [5.74, 6) is 0.782. The predicted molar refractivity (Wildman–Crippen MR) is 62.7 cm³/mol. The molecule has 0 aromatic rings. The zero-order valence-corrected chi connectivity index (χ0v) is 10.2. The molecule has 1 saturated carbocycles. The molecule has 0 aliphatic heterocycles. The number of hydrogen-bond acceptors (Lipinski definition) is 2. The number of nitrogens with one attached hydrogen (secondary N) is 2. The Labute approximate surface area is 93.0 Å². The van der Waals surface area contributed by atoms with E-state index in [1.807, 2.05) is 0 Å².